The third-order valence-corrected chi connectivity index (χ3v) is 7.79. The molecule has 7 nitrogen and oxygen atoms in total. The van der Waals surface area contributed by atoms with E-state index in [1.807, 2.05) is 41.4 Å². The molecule has 0 bridgehead atoms. The summed E-state index contributed by atoms with van der Waals surface area (Å²) in [6.45, 7) is 2.31. The van der Waals surface area contributed by atoms with Gasteiger partial charge in [0.1, 0.15) is 5.69 Å². The second-order valence-corrected chi connectivity index (χ2v) is 11.3. The van der Waals surface area contributed by atoms with Gasteiger partial charge < -0.3 is 4.90 Å². The van der Waals surface area contributed by atoms with E-state index in [0.717, 1.165) is 11.8 Å². The van der Waals surface area contributed by atoms with Gasteiger partial charge in [-0.15, -0.1) is 11.3 Å². The first kappa shape index (κ1) is 26.1. The van der Waals surface area contributed by atoms with Gasteiger partial charge in [-0.3, -0.25) is 4.79 Å². The summed E-state index contributed by atoms with van der Waals surface area (Å²) in [6, 6.07) is 2.12. The maximum Gasteiger partial charge on any atom is 0.284 e. The van der Waals surface area contributed by atoms with E-state index in [9.17, 15) is 18.5 Å². The lowest BCUT2D eigenvalue weighted by molar-refractivity contribution is 0.0977. The van der Waals surface area contributed by atoms with Crippen molar-refractivity contribution in [2.75, 3.05) is 11.4 Å². The topological polar surface area (TPSA) is 103 Å². The number of rotatable bonds is 8. The third-order valence-electron chi connectivity index (χ3n) is 5.81. The number of allylic oxidation sites excluding steroid dienone is 12. The predicted molar refractivity (Wildman–Crippen MR) is 147 cm³/mol. The van der Waals surface area contributed by atoms with Crippen LogP contribution in [0.1, 0.15) is 28.2 Å². The van der Waals surface area contributed by atoms with Crippen molar-refractivity contribution in [3.05, 3.63) is 112 Å². The number of nitrogens with one attached hydrogen (secondary N) is 1. The van der Waals surface area contributed by atoms with Crippen molar-refractivity contribution in [1.29, 1.82) is 5.26 Å². The molecule has 3 aliphatic rings. The van der Waals surface area contributed by atoms with Gasteiger partial charge in [-0.05, 0) is 55.9 Å². The molecule has 2 unspecified atom stereocenters. The molecule has 0 saturated heterocycles. The maximum absolute atomic E-state index is 12.9. The van der Waals surface area contributed by atoms with Crippen LogP contribution >= 0.6 is 11.3 Å². The second kappa shape index (κ2) is 11.8. The van der Waals surface area contributed by atoms with Gasteiger partial charge in [0, 0.05) is 16.8 Å². The number of aryl methyl sites for hydroxylation is 1. The first-order valence-electron chi connectivity index (χ1n) is 11.8. The fraction of sp³-hybridized carbons (Fsp3) is 0.214. The summed E-state index contributed by atoms with van der Waals surface area (Å²) in [6.07, 6.45) is 25.8. The zero-order valence-corrected chi connectivity index (χ0v) is 21.9. The predicted octanol–water partition coefficient (Wildman–Crippen LogP) is 5.15. The second-order valence-electron chi connectivity index (χ2n) is 8.60. The number of thiazole rings is 1. The van der Waals surface area contributed by atoms with Gasteiger partial charge in [-0.1, -0.05) is 60.4 Å². The number of nitriles is 1. The molecule has 0 spiro atoms. The molecule has 0 fully saturated rings. The zero-order chi connectivity index (χ0) is 26.3. The van der Waals surface area contributed by atoms with Crippen LogP contribution in [0.2, 0.25) is 0 Å². The van der Waals surface area contributed by atoms with Gasteiger partial charge in [0.2, 0.25) is 0 Å². The molecule has 0 aliphatic heterocycles. The molecule has 1 heterocycles. The Hall–Kier alpha value is -3.96. The lowest BCUT2D eigenvalue weighted by Crippen LogP contribution is -2.30. The van der Waals surface area contributed by atoms with Crippen LogP contribution in [0.15, 0.2) is 101 Å². The molecule has 0 radical (unpaired) electrons. The van der Waals surface area contributed by atoms with Crippen molar-refractivity contribution >= 4 is 32.4 Å². The van der Waals surface area contributed by atoms with E-state index in [0.29, 0.717) is 34.2 Å². The highest BCUT2D eigenvalue weighted by Crippen LogP contribution is 2.31. The number of carbonyl (C=O) groups excluding carboxylic acids is 1. The molecular weight excluding hydrogens is 504 g/mol. The minimum atomic E-state index is -3.99. The number of sulfonamides is 1. The first-order chi connectivity index (χ1) is 17.8. The molecule has 9 heteroatoms. The Morgan fingerprint density at radius 3 is 2.73 bits per heavy atom. The highest BCUT2D eigenvalue weighted by atomic mass is 32.2. The van der Waals surface area contributed by atoms with Crippen LogP contribution in [0.4, 0.5) is 5.13 Å². The summed E-state index contributed by atoms with van der Waals surface area (Å²) in [7, 11) is -3.99. The molecule has 188 valence electrons. The number of carbonyl (C=O) groups is 1. The summed E-state index contributed by atoms with van der Waals surface area (Å²) < 4.78 is 27.2. The maximum atomic E-state index is 12.9. The Kier molecular flexibility index (Phi) is 8.36. The SMILES string of the molecule is Cc1sc(N(CC2C=CC=CC2)C2=C=CC=C(C#N)C=C2)nc1C(=O)NS(=O)(=O)/C=C/C1C=CC=CC1. The fourth-order valence-corrected chi connectivity index (χ4v) is 5.64. The number of hydrogen-bond acceptors (Lipinski definition) is 7. The molecular formula is C28H26N4O3S2. The van der Waals surface area contributed by atoms with Crippen LogP contribution in [0.5, 0.6) is 0 Å². The molecule has 1 amide bonds. The molecule has 4 rings (SSSR count). The Balaban J connectivity index is 1.57. The fourth-order valence-electron chi connectivity index (χ4n) is 3.88. The summed E-state index contributed by atoms with van der Waals surface area (Å²) in [4.78, 5) is 20.0. The van der Waals surface area contributed by atoms with Gasteiger partial charge >= 0.3 is 0 Å². The number of nitrogens with zero attached hydrogens (tertiary/aromatic N) is 3. The quantitative estimate of drug-likeness (QED) is 0.466. The molecule has 2 atom stereocenters. The Labute approximate surface area is 221 Å². The van der Waals surface area contributed by atoms with E-state index in [1.54, 1.807) is 37.3 Å². The highest BCUT2D eigenvalue weighted by molar-refractivity contribution is 7.92. The standard InChI is InChI=1S/C28H26N4O3S2/c1-21-26(27(33)31-37(34,35)18-17-22-9-4-2-5-10-22)30-28(36-21)32(20-24-11-6-3-7-12-24)25-14-8-13-23(19-29)15-16-25/h2-9,11,13,15-18,22,24H,10,12,20H2,1H3,(H,31,33)/b18-17+. The third kappa shape index (κ3) is 7.05. The van der Waals surface area contributed by atoms with E-state index >= 15 is 0 Å². The van der Waals surface area contributed by atoms with Crippen molar-refractivity contribution in [3.63, 3.8) is 0 Å². The summed E-state index contributed by atoms with van der Waals surface area (Å²) in [5.74, 6) is -0.611. The van der Waals surface area contributed by atoms with E-state index in [-0.39, 0.29) is 17.5 Å². The van der Waals surface area contributed by atoms with Crippen LogP contribution in [-0.4, -0.2) is 25.9 Å². The number of hydrogen-bond donors (Lipinski definition) is 1. The van der Waals surface area contributed by atoms with Crippen molar-refractivity contribution in [2.24, 2.45) is 11.8 Å². The first-order valence-corrected chi connectivity index (χ1v) is 14.1. The lowest BCUT2D eigenvalue weighted by atomic mass is 10.0. The van der Waals surface area contributed by atoms with E-state index in [1.165, 1.54) is 11.3 Å². The monoisotopic (exact) mass is 530 g/mol. The zero-order valence-electron chi connectivity index (χ0n) is 20.2. The lowest BCUT2D eigenvalue weighted by Gasteiger charge is -2.26. The summed E-state index contributed by atoms with van der Waals surface area (Å²) in [5, 5.41) is 10.8. The summed E-state index contributed by atoms with van der Waals surface area (Å²) >= 11 is 1.30. The van der Waals surface area contributed by atoms with Gasteiger partial charge in [-0.2, -0.15) is 5.26 Å². The van der Waals surface area contributed by atoms with E-state index in [4.69, 9.17) is 0 Å². The molecule has 37 heavy (non-hydrogen) atoms. The van der Waals surface area contributed by atoms with Crippen LogP contribution in [0, 0.1) is 30.1 Å². The average molecular weight is 531 g/mol. The Bertz CT molecular complexity index is 1490. The number of anilines is 1. The normalized spacial score (nSPS) is 20.4. The molecule has 1 aromatic heterocycles. The van der Waals surface area contributed by atoms with Crippen molar-refractivity contribution in [1.82, 2.24) is 9.71 Å². The van der Waals surface area contributed by atoms with Crippen molar-refractivity contribution in [3.8, 4) is 6.07 Å². The smallest absolute Gasteiger partial charge is 0.284 e. The average Bonchev–Trinajstić information content (AvgIpc) is 3.13. The van der Waals surface area contributed by atoms with Crippen LogP contribution in [0.25, 0.3) is 0 Å². The molecule has 0 saturated carbocycles. The summed E-state index contributed by atoms with van der Waals surface area (Å²) in [5.41, 5.74) is 4.43. The van der Waals surface area contributed by atoms with Crippen LogP contribution < -0.4 is 9.62 Å². The number of aromatic nitrogens is 1. The molecule has 0 aromatic carbocycles. The molecule has 3 aliphatic carbocycles. The van der Waals surface area contributed by atoms with Gasteiger partial charge in [0.05, 0.1) is 17.3 Å². The molecule has 1 aromatic rings. The van der Waals surface area contributed by atoms with E-state index < -0.39 is 15.9 Å². The molecule has 1 N–H and O–H groups in total. The van der Waals surface area contributed by atoms with Crippen molar-refractivity contribution in [2.45, 2.75) is 19.8 Å². The van der Waals surface area contributed by atoms with Gasteiger partial charge in [-0.25, -0.2) is 18.1 Å². The minimum Gasteiger partial charge on any atom is -0.311 e. The largest absolute Gasteiger partial charge is 0.311 e. The van der Waals surface area contributed by atoms with Crippen molar-refractivity contribution < 1.29 is 13.2 Å². The number of amides is 1. The van der Waals surface area contributed by atoms with E-state index in [2.05, 4.69) is 33.7 Å². The van der Waals surface area contributed by atoms with Crippen LogP contribution in [-0.2, 0) is 10.0 Å². The van der Waals surface area contributed by atoms with Gasteiger partial charge in [0.15, 0.2) is 5.13 Å². The highest BCUT2D eigenvalue weighted by Gasteiger charge is 2.25. The van der Waals surface area contributed by atoms with Crippen LogP contribution in [0.3, 0.4) is 0 Å². The van der Waals surface area contributed by atoms with Gasteiger partial charge in [0.25, 0.3) is 15.9 Å². The minimum absolute atomic E-state index is 0.0356. The Morgan fingerprint density at radius 1 is 1.24 bits per heavy atom. The Morgan fingerprint density at radius 2 is 2.03 bits per heavy atom.